The Morgan fingerprint density at radius 2 is 1.92 bits per heavy atom. The average molecular weight is 175 g/mol. The van der Waals surface area contributed by atoms with E-state index in [4.69, 9.17) is 0 Å². The predicted molar refractivity (Wildman–Crippen MR) is 45.8 cm³/mol. The van der Waals surface area contributed by atoms with E-state index in [1.807, 2.05) is 13.8 Å². The van der Waals surface area contributed by atoms with Crippen LogP contribution < -0.4 is 5.32 Å². The Morgan fingerprint density at radius 3 is 2.17 bits per heavy atom. The molecule has 0 radical (unpaired) electrons. The van der Waals surface area contributed by atoms with Gasteiger partial charge in [0.15, 0.2) is 0 Å². The summed E-state index contributed by atoms with van der Waals surface area (Å²) in [6, 6.07) is -0.487. The smallest absolute Gasteiger partial charge is 0.325 e. The second-order valence-corrected chi connectivity index (χ2v) is 3.06. The van der Waals surface area contributed by atoms with Gasteiger partial charge in [-0.15, -0.1) is 0 Å². The van der Waals surface area contributed by atoms with Crippen LogP contribution in [0.15, 0.2) is 0 Å². The zero-order valence-electron chi connectivity index (χ0n) is 8.00. The molecule has 0 amide bonds. The van der Waals surface area contributed by atoms with Crippen molar-refractivity contribution >= 4 is 5.97 Å². The topological polar surface area (TPSA) is 58.6 Å². The Morgan fingerprint density at radius 1 is 1.42 bits per heavy atom. The summed E-state index contributed by atoms with van der Waals surface area (Å²) in [5.74, 6) is -0.432. The van der Waals surface area contributed by atoms with Crippen molar-refractivity contribution in [2.75, 3.05) is 7.11 Å². The first-order valence-corrected chi connectivity index (χ1v) is 4.01. The average Bonchev–Trinajstić information content (AvgIpc) is 1.98. The lowest BCUT2D eigenvalue weighted by Gasteiger charge is -2.21. The highest BCUT2D eigenvalue weighted by atomic mass is 16.5. The summed E-state index contributed by atoms with van der Waals surface area (Å²) >= 11 is 0. The maximum Gasteiger partial charge on any atom is 0.325 e. The summed E-state index contributed by atoms with van der Waals surface area (Å²) in [7, 11) is 1.31. The van der Waals surface area contributed by atoms with Crippen LogP contribution in [0.4, 0.5) is 0 Å². The first-order valence-electron chi connectivity index (χ1n) is 4.01. The molecule has 0 rings (SSSR count). The quantitative estimate of drug-likeness (QED) is 0.586. The maximum atomic E-state index is 11.0. The Bertz CT molecular complexity index is 145. The lowest BCUT2D eigenvalue weighted by Crippen LogP contribution is -2.48. The van der Waals surface area contributed by atoms with Crippen LogP contribution in [-0.2, 0) is 9.53 Å². The van der Waals surface area contributed by atoms with Crippen molar-refractivity contribution in [3.8, 4) is 0 Å². The van der Waals surface area contributed by atoms with Gasteiger partial charge in [0.25, 0.3) is 0 Å². The van der Waals surface area contributed by atoms with Gasteiger partial charge < -0.3 is 15.2 Å². The van der Waals surface area contributed by atoms with Gasteiger partial charge in [-0.1, -0.05) is 13.8 Å². The molecule has 0 unspecified atom stereocenters. The molecule has 12 heavy (non-hydrogen) atoms. The third kappa shape index (κ3) is 3.69. The summed E-state index contributed by atoms with van der Waals surface area (Å²) in [5.41, 5.74) is 0. The second-order valence-electron chi connectivity index (χ2n) is 3.06. The molecule has 0 fully saturated rings. The molecular formula is C8H17NO3. The van der Waals surface area contributed by atoms with Gasteiger partial charge in [0.05, 0.1) is 13.2 Å². The molecule has 0 aliphatic carbocycles. The molecule has 0 bridgehead atoms. The van der Waals surface area contributed by atoms with E-state index in [0.717, 1.165) is 0 Å². The Labute approximate surface area is 72.9 Å². The zero-order valence-corrected chi connectivity index (χ0v) is 8.00. The molecule has 0 aromatic rings. The number of nitrogens with one attached hydrogen (secondary N) is 1. The third-order valence-corrected chi connectivity index (χ3v) is 1.45. The van der Waals surface area contributed by atoms with Gasteiger partial charge in [-0.2, -0.15) is 0 Å². The minimum Gasteiger partial charge on any atom is -0.468 e. The van der Waals surface area contributed by atoms with E-state index in [9.17, 15) is 9.90 Å². The first kappa shape index (κ1) is 11.4. The number of carbonyl (C=O) groups excluding carboxylic acids is 1. The fourth-order valence-corrected chi connectivity index (χ4v) is 0.890. The van der Waals surface area contributed by atoms with E-state index >= 15 is 0 Å². The summed E-state index contributed by atoms with van der Waals surface area (Å²) in [5, 5.41) is 12.1. The van der Waals surface area contributed by atoms with E-state index in [1.165, 1.54) is 7.11 Å². The number of aliphatic hydroxyl groups is 1. The molecule has 4 nitrogen and oxygen atoms in total. The SMILES string of the molecule is COC(=O)[C@H](NC(C)C)[C@@H](C)O. The number of carbonyl (C=O) groups is 1. The van der Waals surface area contributed by atoms with E-state index in [-0.39, 0.29) is 6.04 Å². The summed E-state index contributed by atoms with van der Waals surface area (Å²) in [6.45, 7) is 5.35. The Kier molecular flexibility index (Phi) is 4.85. The molecule has 4 heteroatoms. The summed E-state index contributed by atoms with van der Waals surface area (Å²) < 4.78 is 4.51. The van der Waals surface area contributed by atoms with E-state index < -0.39 is 18.1 Å². The highest BCUT2D eigenvalue weighted by molar-refractivity contribution is 5.76. The predicted octanol–water partition coefficient (Wildman–Crippen LogP) is -0.0932. The third-order valence-electron chi connectivity index (χ3n) is 1.45. The number of aliphatic hydroxyl groups excluding tert-OH is 1. The van der Waals surface area contributed by atoms with Crippen LogP contribution in [0, 0.1) is 0 Å². The number of rotatable bonds is 4. The fraction of sp³-hybridized carbons (Fsp3) is 0.875. The molecule has 0 aliphatic heterocycles. The number of esters is 1. The zero-order chi connectivity index (χ0) is 9.72. The van der Waals surface area contributed by atoms with Crippen molar-refractivity contribution in [3.05, 3.63) is 0 Å². The molecule has 72 valence electrons. The molecule has 2 N–H and O–H groups in total. The highest BCUT2D eigenvalue weighted by Gasteiger charge is 2.24. The van der Waals surface area contributed by atoms with Gasteiger partial charge in [-0.25, -0.2) is 0 Å². The van der Waals surface area contributed by atoms with Gasteiger partial charge in [-0.3, -0.25) is 4.79 Å². The van der Waals surface area contributed by atoms with E-state index in [1.54, 1.807) is 6.92 Å². The fourth-order valence-electron chi connectivity index (χ4n) is 0.890. The molecule has 0 aromatic heterocycles. The van der Waals surface area contributed by atoms with Crippen LogP contribution in [-0.4, -0.2) is 36.4 Å². The van der Waals surface area contributed by atoms with E-state index in [2.05, 4.69) is 10.1 Å². The standard InChI is InChI=1S/C8H17NO3/c1-5(2)9-7(6(3)10)8(11)12-4/h5-7,9-10H,1-4H3/t6-,7-/m1/s1. The molecule has 0 aliphatic rings. The number of ether oxygens (including phenoxy) is 1. The number of hydrogen-bond acceptors (Lipinski definition) is 4. The van der Waals surface area contributed by atoms with Crippen molar-refractivity contribution in [3.63, 3.8) is 0 Å². The maximum absolute atomic E-state index is 11.0. The Balaban J connectivity index is 4.13. The van der Waals surface area contributed by atoms with Crippen molar-refractivity contribution in [1.29, 1.82) is 0 Å². The molecule has 0 aromatic carbocycles. The van der Waals surface area contributed by atoms with Gasteiger partial charge in [0, 0.05) is 6.04 Å². The molecule has 0 saturated heterocycles. The number of hydrogen-bond donors (Lipinski definition) is 2. The lowest BCUT2D eigenvalue weighted by molar-refractivity contribution is -0.146. The van der Waals surface area contributed by atoms with Gasteiger partial charge >= 0.3 is 5.97 Å². The highest BCUT2D eigenvalue weighted by Crippen LogP contribution is 1.97. The number of methoxy groups -OCH3 is 1. The van der Waals surface area contributed by atoms with Gasteiger partial charge in [0.2, 0.25) is 0 Å². The molecule has 0 heterocycles. The van der Waals surface area contributed by atoms with Crippen LogP contribution in [0.25, 0.3) is 0 Å². The van der Waals surface area contributed by atoms with E-state index in [0.29, 0.717) is 0 Å². The van der Waals surface area contributed by atoms with Crippen LogP contribution in [0.2, 0.25) is 0 Å². The van der Waals surface area contributed by atoms with Gasteiger partial charge in [0.1, 0.15) is 6.04 Å². The van der Waals surface area contributed by atoms with Crippen LogP contribution in [0.5, 0.6) is 0 Å². The van der Waals surface area contributed by atoms with Crippen LogP contribution >= 0.6 is 0 Å². The minimum atomic E-state index is -0.736. The first-order chi connectivity index (χ1) is 5.49. The van der Waals surface area contributed by atoms with Crippen molar-refractivity contribution in [2.45, 2.75) is 39.0 Å². The molecular weight excluding hydrogens is 158 g/mol. The molecule has 0 spiro atoms. The largest absolute Gasteiger partial charge is 0.468 e. The summed E-state index contributed by atoms with van der Waals surface area (Å²) in [4.78, 5) is 11.0. The van der Waals surface area contributed by atoms with Crippen molar-refractivity contribution < 1.29 is 14.6 Å². The normalized spacial score (nSPS) is 15.8. The van der Waals surface area contributed by atoms with Crippen molar-refractivity contribution in [1.82, 2.24) is 5.32 Å². The molecule has 0 saturated carbocycles. The monoisotopic (exact) mass is 175 g/mol. The van der Waals surface area contributed by atoms with Crippen LogP contribution in [0.3, 0.4) is 0 Å². The van der Waals surface area contributed by atoms with Gasteiger partial charge in [-0.05, 0) is 6.92 Å². The summed E-state index contributed by atoms with van der Waals surface area (Å²) in [6.07, 6.45) is -0.736. The van der Waals surface area contributed by atoms with Crippen LogP contribution in [0.1, 0.15) is 20.8 Å². The Hall–Kier alpha value is -0.610. The minimum absolute atomic E-state index is 0.142. The molecule has 2 atom stereocenters. The lowest BCUT2D eigenvalue weighted by atomic mass is 10.1. The van der Waals surface area contributed by atoms with Crippen molar-refractivity contribution in [2.24, 2.45) is 0 Å². The second kappa shape index (κ2) is 5.11.